The summed E-state index contributed by atoms with van der Waals surface area (Å²) in [6, 6.07) is 14.4. The zero-order valence-electron chi connectivity index (χ0n) is 22.1. The van der Waals surface area contributed by atoms with Crippen LogP contribution in [0.2, 0.25) is 10.0 Å². The Bertz CT molecular complexity index is 1290. The molecule has 1 saturated carbocycles. The minimum absolute atomic E-state index is 0.0499. The molecule has 1 fully saturated rings. The standard InChI is InChI=1S/C32H32Cl2N2O4/c33-23-9-5-19(6-10-23)21-13-29(37)25(30(38)14-21)17-35-27-3-1-2-4-28(27)36-18-26-31(39)15-22(16-32(26)40)20-7-11-24(34)12-8-20/h5-12,17-18,21-22,27-28,37,39H,1-4,13-16H2/t21?,22?,27-,28-/m1/s1. The number of carbonyl (C=O) groups excluding carboxylic acids is 2. The Balaban J connectivity index is 1.27. The first-order chi connectivity index (χ1) is 19.3. The second-order valence-corrected chi connectivity index (χ2v) is 11.7. The number of aliphatic imine (C=N–C) groups is 2. The molecule has 0 aromatic heterocycles. The van der Waals surface area contributed by atoms with Crippen molar-refractivity contribution in [2.24, 2.45) is 9.98 Å². The minimum atomic E-state index is -0.171. The molecule has 2 aromatic carbocycles. The monoisotopic (exact) mass is 578 g/mol. The number of allylic oxidation sites excluding steroid dienone is 4. The van der Waals surface area contributed by atoms with Gasteiger partial charge in [0.2, 0.25) is 0 Å². The molecule has 3 aliphatic rings. The van der Waals surface area contributed by atoms with Gasteiger partial charge >= 0.3 is 0 Å². The van der Waals surface area contributed by atoms with Crippen LogP contribution in [0, 0.1) is 0 Å². The van der Waals surface area contributed by atoms with Crippen molar-refractivity contribution in [3.05, 3.63) is 92.4 Å². The number of hydrogen-bond donors (Lipinski definition) is 2. The van der Waals surface area contributed by atoms with E-state index in [2.05, 4.69) is 9.98 Å². The van der Waals surface area contributed by atoms with Crippen LogP contribution in [0.25, 0.3) is 0 Å². The van der Waals surface area contributed by atoms with E-state index in [9.17, 15) is 19.8 Å². The maximum absolute atomic E-state index is 12.9. The van der Waals surface area contributed by atoms with Gasteiger partial charge in [0.15, 0.2) is 11.6 Å². The lowest BCUT2D eigenvalue weighted by atomic mass is 9.82. The molecule has 4 atom stereocenters. The summed E-state index contributed by atoms with van der Waals surface area (Å²) in [6.45, 7) is 0. The number of nitrogens with zero attached hydrogens (tertiary/aromatic N) is 2. The summed E-state index contributed by atoms with van der Waals surface area (Å²) in [5.41, 5.74) is 2.46. The van der Waals surface area contributed by atoms with Gasteiger partial charge in [0, 0.05) is 48.2 Å². The van der Waals surface area contributed by atoms with Gasteiger partial charge in [0.25, 0.3) is 0 Å². The van der Waals surface area contributed by atoms with Crippen molar-refractivity contribution in [1.82, 2.24) is 0 Å². The van der Waals surface area contributed by atoms with Crippen LogP contribution in [-0.2, 0) is 9.59 Å². The number of aliphatic hydroxyl groups excluding tert-OH is 2. The zero-order chi connectivity index (χ0) is 28.2. The lowest BCUT2D eigenvalue weighted by Gasteiger charge is -2.27. The van der Waals surface area contributed by atoms with Gasteiger partial charge in [-0.3, -0.25) is 19.6 Å². The highest BCUT2D eigenvalue weighted by atomic mass is 35.5. The summed E-state index contributed by atoms with van der Waals surface area (Å²) >= 11 is 12.0. The molecule has 0 bridgehead atoms. The third-order valence-electron chi connectivity index (χ3n) is 8.13. The van der Waals surface area contributed by atoms with Crippen LogP contribution in [0.5, 0.6) is 0 Å². The molecule has 6 nitrogen and oxygen atoms in total. The molecular formula is C32H32Cl2N2O4. The number of Topliss-reactive ketones (excluding diaryl/α,β-unsaturated/α-hetero) is 2. The molecule has 3 aliphatic carbocycles. The van der Waals surface area contributed by atoms with E-state index >= 15 is 0 Å². The molecule has 2 N–H and O–H groups in total. The fourth-order valence-electron chi connectivity index (χ4n) is 5.83. The molecule has 0 amide bonds. The maximum atomic E-state index is 12.9. The highest BCUT2D eigenvalue weighted by Gasteiger charge is 2.31. The van der Waals surface area contributed by atoms with Gasteiger partial charge in [-0.2, -0.15) is 0 Å². The summed E-state index contributed by atoms with van der Waals surface area (Å²) < 4.78 is 0. The third-order valence-corrected chi connectivity index (χ3v) is 8.64. The summed E-state index contributed by atoms with van der Waals surface area (Å²) in [6.07, 6.45) is 7.92. The van der Waals surface area contributed by atoms with Gasteiger partial charge in [-0.15, -0.1) is 0 Å². The number of aliphatic hydroxyl groups is 2. The topological polar surface area (TPSA) is 99.3 Å². The predicted molar refractivity (Wildman–Crippen MR) is 159 cm³/mol. The van der Waals surface area contributed by atoms with Gasteiger partial charge in [0.1, 0.15) is 11.5 Å². The van der Waals surface area contributed by atoms with Gasteiger partial charge < -0.3 is 10.2 Å². The van der Waals surface area contributed by atoms with E-state index in [1.54, 1.807) is 24.3 Å². The normalized spacial score (nSPS) is 26.4. The van der Waals surface area contributed by atoms with Gasteiger partial charge in [0.05, 0.1) is 23.2 Å². The van der Waals surface area contributed by atoms with Crippen molar-refractivity contribution in [1.29, 1.82) is 0 Å². The zero-order valence-corrected chi connectivity index (χ0v) is 23.6. The first-order valence-corrected chi connectivity index (χ1v) is 14.5. The van der Waals surface area contributed by atoms with Crippen molar-refractivity contribution in [2.75, 3.05) is 0 Å². The van der Waals surface area contributed by atoms with Crippen molar-refractivity contribution in [2.45, 2.75) is 75.3 Å². The average molecular weight is 580 g/mol. The summed E-state index contributed by atoms with van der Waals surface area (Å²) in [4.78, 5) is 35.2. The Morgan fingerprint density at radius 1 is 0.625 bits per heavy atom. The van der Waals surface area contributed by atoms with Crippen LogP contribution in [-0.4, -0.2) is 46.3 Å². The van der Waals surface area contributed by atoms with E-state index in [-0.39, 0.29) is 58.2 Å². The van der Waals surface area contributed by atoms with Crippen LogP contribution in [0.3, 0.4) is 0 Å². The smallest absolute Gasteiger partial charge is 0.168 e. The molecule has 40 heavy (non-hydrogen) atoms. The highest BCUT2D eigenvalue weighted by molar-refractivity contribution is 6.30. The Morgan fingerprint density at radius 3 is 1.35 bits per heavy atom. The van der Waals surface area contributed by atoms with Crippen LogP contribution in [0.1, 0.15) is 74.3 Å². The molecule has 208 valence electrons. The molecule has 5 rings (SSSR count). The number of rotatable bonds is 6. The quantitative estimate of drug-likeness (QED) is 0.343. The van der Waals surface area contributed by atoms with Crippen LogP contribution in [0.15, 0.2) is 81.2 Å². The summed E-state index contributed by atoms with van der Waals surface area (Å²) in [7, 11) is 0. The van der Waals surface area contributed by atoms with Gasteiger partial charge in [-0.1, -0.05) is 60.3 Å². The molecule has 0 spiro atoms. The Labute approximate surface area is 244 Å². The third kappa shape index (κ3) is 6.56. The molecule has 2 unspecified atom stereocenters. The van der Waals surface area contributed by atoms with Gasteiger partial charge in [-0.05, 0) is 60.1 Å². The van der Waals surface area contributed by atoms with E-state index in [0.717, 1.165) is 36.8 Å². The van der Waals surface area contributed by atoms with Crippen LogP contribution < -0.4 is 0 Å². The van der Waals surface area contributed by atoms with Crippen LogP contribution >= 0.6 is 23.2 Å². The molecular weight excluding hydrogens is 547 g/mol. The lowest BCUT2D eigenvalue weighted by Crippen LogP contribution is -2.28. The Morgan fingerprint density at radius 2 is 1.00 bits per heavy atom. The summed E-state index contributed by atoms with van der Waals surface area (Å²) in [5.74, 6) is -0.366. The fourth-order valence-corrected chi connectivity index (χ4v) is 6.09. The van der Waals surface area contributed by atoms with E-state index in [0.29, 0.717) is 35.7 Å². The fraction of sp³-hybridized carbons (Fsp3) is 0.375. The lowest BCUT2D eigenvalue weighted by molar-refractivity contribution is -0.117. The van der Waals surface area contributed by atoms with Crippen molar-refractivity contribution < 1.29 is 19.8 Å². The minimum Gasteiger partial charge on any atom is -0.511 e. The molecule has 0 saturated heterocycles. The number of hydrogen-bond acceptors (Lipinski definition) is 6. The predicted octanol–water partition coefficient (Wildman–Crippen LogP) is 7.66. The number of carbonyl (C=O) groups is 2. The first-order valence-electron chi connectivity index (χ1n) is 13.8. The van der Waals surface area contributed by atoms with E-state index in [4.69, 9.17) is 23.2 Å². The van der Waals surface area contributed by atoms with E-state index in [1.165, 1.54) is 12.4 Å². The Kier molecular flexibility index (Phi) is 8.87. The second kappa shape index (κ2) is 12.5. The molecule has 8 heteroatoms. The Hall–Kier alpha value is -3.22. The molecule has 0 heterocycles. The second-order valence-electron chi connectivity index (χ2n) is 10.9. The van der Waals surface area contributed by atoms with Crippen molar-refractivity contribution >= 4 is 47.2 Å². The SMILES string of the molecule is O=C1CC(c2ccc(Cl)cc2)CC(O)=C1C=N[C@@H]1CCCC[C@H]1N=CC1=C(O)CC(c2ccc(Cl)cc2)CC1=O. The molecule has 2 aromatic rings. The van der Waals surface area contributed by atoms with Crippen LogP contribution in [0.4, 0.5) is 0 Å². The van der Waals surface area contributed by atoms with E-state index < -0.39 is 0 Å². The molecule has 0 aliphatic heterocycles. The number of benzene rings is 2. The first kappa shape index (κ1) is 28.3. The number of halogens is 2. The average Bonchev–Trinajstić information content (AvgIpc) is 2.93. The van der Waals surface area contributed by atoms with Crippen molar-refractivity contribution in [3.63, 3.8) is 0 Å². The highest BCUT2D eigenvalue weighted by Crippen LogP contribution is 2.35. The summed E-state index contributed by atoms with van der Waals surface area (Å²) in [5, 5.41) is 22.7. The van der Waals surface area contributed by atoms with E-state index in [1.807, 2.05) is 24.3 Å². The molecule has 0 radical (unpaired) electrons. The van der Waals surface area contributed by atoms with Crippen molar-refractivity contribution in [3.8, 4) is 0 Å². The number of ketones is 2. The largest absolute Gasteiger partial charge is 0.511 e. The maximum Gasteiger partial charge on any atom is 0.168 e. The van der Waals surface area contributed by atoms with Gasteiger partial charge in [-0.25, -0.2) is 0 Å².